The molecule has 1 aliphatic heterocycles. The van der Waals surface area contributed by atoms with Crippen LogP contribution in [0, 0.1) is 0 Å². The van der Waals surface area contributed by atoms with Gasteiger partial charge >= 0.3 is 0 Å². The van der Waals surface area contributed by atoms with Gasteiger partial charge in [0.2, 0.25) is 0 Å². The summed E-state index contributed by atoms with van der Waals surface area (Å²) in [5, 5.41) is 0. The Morgan fingerprint density at radius 2 is 2.30 bits per heavy atom. The molecule has 1 atom stereocenters. The van der Waals surface area contributed by atoms with Crippen molar-refractivity contribution in [3.63, 3.8) is 0 Å². The summed E-state index contributed by atoms with van der Waals surface area (Å²) in [4.78, 5) is 4.83. The van der Waals surface area contributed by atoms with Crippen LogP contribution in [0.5, 0.6) is 0 Å². The summed E-state index contributed by atoms with van der Waals surface area (Å²) in [5.41, 5.74) is 0. The number of rotatable bonds is 2. The maximum absolute atomic E-state index is 2.43. The van der Waals surface area contributed by atoms with Gasteiger partial charge in [0.15, 0.2) is 0 Å². The number of likely N-dealkylation sites (N-methyl/N-ethyl adjacent to an activating group) is 2. The normalized spacial score (nSPS) is 28.2. The summed E-state index contributed by atoms with van der Waals surface area (Å²) in [6.07, 6.45) is 1.35. The Morgan fingerprint density at radius 1 is 1.60 bits per heavy atom. The van der Waals surface area contributed by atoms with E-state index in [-0.39, 0.29) is 0 Å². The highest BCUT2D eigenvalue weighted by Gasteiger charge is 2.21. The Balaban J connectivity index is 2.29. The van der Waals surface area contributed by atoms with E-state index in [1.165, 1.54) is 26.1 Å². The molecule has 0 aliphatic carbocycles. The molecule has 1 rings (SSSR count). The van der Waals surface area contributed by atoms with Crippen LogP contribution in [-0.4, -0.2) is 49.6 Å². The van der Waals surface area contributed by atoms with Crippen molar-refractivity contribution >= 4 is 0 Å². The third-order valence-electron chi connectivity index (χ3n) is 2.49. The lowest BCUT2D eigenvalue weighted by molar-refractivity contribution is 0.253. The van der Waals surface area contributed by atoms with E-state index in [0.29, 0.717) is 0 Å². The lowest BCUT2D eigenvalue weighted by Crippen LogP contribution is -2.33. The molecule has 1 fully saturated rings. The van der Waals surface area contributed by atoms with Crippen molar-refractivity contribution in [1.29, 1.82) is 0 Å². The molecule has 2 heteroatoms. The SMILES string of the molecule is CCN(C)C1CCN(C)C1. The van der Waals surface area contributed by atoms with Crippen LogP contribution in [0.15, 0.2) is 0 Å². The lowest BCUT2D eigenvalue weighted by Gasteiger charge is -2.21. The van der Waals surface area contributed by atoms with Gasteiger partial charge in [0, 0.05) is 12.6 Å². The van der Waals surface area contributed by atoms with Gasteiger partial charge in [-0.2, -0.15) is 0 Å². The van der Waals surface area contributed by atoms with Gasteiger partial charge in [-0.1, -0.05) is 6.92 Å². The van der Waals surface area contributed by atoms with Crippen LogP contribution in [0.3, 0.4) is 0 Å². The molecule has 0 aromatic carbocycles. The van der Waals surface area contributed by atoms with Crippen LogP contribution in [-0.2, 0) is 0 Å². The average Bonchev–Trinajstić information content (AvgIpc) is 2.34. The highest BCUT2D eigenvalue weighted by Crippen LogP contribution is 2.11. The Labute approximate surface area is 63.8 Å². The van der Waals surface area contributed by atoms with E-state index in [4.69, 9.17) is 0 Å². The van der Waals surface area contributed by atoms with Crippen molar-refractivity contribution < 1.29 is 0 Å². The Morgan fingerprint density at radius 3 is 2.70 bits per heavy atom. The highest BCUT2D eigenvalue weighted by atomic mass is 15.2. The summed E-state index contributed by atoms with van der Waals surface area (Å²) in [6.45, 7) is 5.93. The predicted octanol–water partition coefficient (Wildman–Crippen LogP) is 0.642. The molecule has 10 heavy (non-hydrogen) atoms. The van der Waals surface area contributed by atoms with Crippen molar-refractivity contribution in [3.8, 4) is 0 Å². The second-order valence-electron chi connectivity index (χ2n) is 3.28. The minimum Gasteiger partial charge on any atom is -0.305 e. The minimum atomic E-state index is 0.815. The van der Waals surface area contributed by atoms with Gasteiger partial charge in [0.1, 0.15) is 0 Å². The van der Waals surface area contributed by atoms with E-state index < -0.39 is 0 Å². The van der Waals surface area contributed by atoms with Crippen molar-refractivity contribution in [3.05, 3.63) is 0 Å². The van der Waals surface area contributed by atoms with E-state index in [2.05, 4.69) is 30.8 Å². The standard InChI is InChI=1S/C8H18N2/c1-4-10(3)8-5-6-9(2)7-8/h8H,4-7H2,1-3H3. The summed E-state index contributed by atoms with van der Waals surface area (Å²) >= 11 is 0. The van der Waals surface area contributed by atoms with Crippen LogP contribution >= 0.6 is 0 Å². The number of hydrogen-bond donors (Lipinski definition) is 0. The van der Waals surface area contributed by atoms with Gasteiger partial charge in [-0.3, -0.25) is 0 Å². The fourth-order valence-corrected chi connectivity index (χ4v) is 1.53. The van der Waals surface area contributed by atoms with Crippen LogP contribution in [0.4, 0.5) is 0 Å². The first-order chi connectivity index (χ1) is 4.74. The Hall–Kier alpha value is -0.0800. The monoisotopic (exact) mass is 142 g/mol. The summed E-state index contributed by atoms with van der Waals surface area (Å²) in [5.74, 6) is 0. The van der Waals surface area contributed by atoms with E-state index >= 15 is 0 Å². The zero-order valence-corrected chi connectivity index (χ0v) is 7.30. The summed E-state index contributed by atoms with van der Waals surface area (Å²) in [7, 11) is 4.41. The predicted molar refractivity (Wildman–Crippen MR) is 44.2 cm³/mol. The molecule has 0 amide bonds. The fourth-order valence-electron chi connectivity index (χ4n) is 1.53. The number of hydrogen-bond acceptors (Lipinski definition) is 2. The van der Waals surface area contributed by atoms with Crippen LogP contribution < -0.4 is 0 Å². The van der Waals surface area contributed by atoms with E-state index in [1.54, 1.807) is 0 Å². The van der Waals surface area contributed by atoms with Crippen molar-refractivity contribution in [2.45, 2.75) is 19.4 Å². The maximum Gasteiger partial charge on any atom is 0.0232 e. The average molecular weight is 142 g/mol. The molecule has 0 aromatic heterocycles. The van der Waals surface area contributed by atoms with E-state index in [0.717, 1.165) is 6.04 Å². The third kappa shape index (κ3) is 1.70. The van der Waals surface area contributed by atoms with Gasteiger partial charge in [-0.15, -0.1) is 0 Å². The first-order valence-electron chi connectivity index (χ1n) is 4.12. The number of likely N-dealkylation sites (tertiary alicyclic amines) is 1. The molecule has 0 N–H and O–H groups in total. The highest BCUT2D eigenvalue weighted by molar-refractivity contribution is 4.79. The third-order valence-corrected chi connectivity index (χ3v) is 2.49. The van der Waals surface area contributed by atoms with Gasteiger partial charge in [0.25, 0.3) is 0 Å². The van der Waals surface area contributed by atoms with Crippen molar-refractivity contribution in [1.82, 2.24) is 9.80 Å². The van der Waals surface area contributed by atoms with Crippen LogP contribution in [0.25, 0.3) is 0 Å². The van der Waals surface area contributed by atoms with Gasteiger partial charge in [-0.25, -0.2) is 0 Å². The van der Waals surface area contributed by atoms with Crippen molar-refractivity contribution in [2.24, 2.45) is 0 Å². The van der Waals surface area contributed by atoms with Gasteiger partial charge in [-0.05, 0) is 33.6 Å². The zero-order valence-electron chi connectivity index (χ0n) is 7.30. The second-order valence-corrected chi connectivity index (χ2v) is 3.28. The summed E-state index contributed by atoms with van der Waals surface area (Å²) < 4.78 is 0. The Kier molecular flexibility index (Phi) is 2.69. The quantitative estimate of drug-likeness (QED) is 0.558. The van der Waals surface area contributed by atoms with Gasteiger partial charge in [0.05, 0.1) is 0 Å². The van der Waals surface area contributed by atoms with Crippen LogP contribution in [0.1, 0.15) is 13.3 Å². The van der Waals surface area contributed by atoms with E-state index in [9.17, 15) is 0 Å². The van der Waals surface area contributed by atoms with Crippen molar-refractivity contribution in [2.75, 3.05) is 33.7 Å². The first-order valence-corrected chi connectivity index (χ1v) is 4.12. The molecule has 1 heterocycles. The second kappa shape index (κ2) is 3.35. The largest absolute Gasteiger partial charge is 0.305 e. The number of nitrogens with zero attached hydrogens (tertiary/aromatic N) is 2. The molecule has 1 unspecified atom stereocenters. The Bertz CT molecular complexity index is 103. The fraction of sp³-hybridized carbons (Fsp3) is 1.00. The molecule has 0 saturated carbocycles. The van der Waals surface area contributed by atoms with Crippen LogP contribution in [0.2, 0.25) is 0 Å². The first kappa shape index (κ1) is 8.02. The smallest absolute Gasteiger partial charge is 0.0232 e. The molecule has 1 aliphatic rings. The van der Waals surface area contributed by atoms with E-state index in [1.807, 2.05) is 0 Å². The molecule has 0 aromatic rings. The molecular weight excluding hydrogens is 124 g/mol. The minimum absolute atomic E-state index is 0.815. The summed E-state index contributed by atoms with van der Waals surface area (Å²) in [6, 6.07) is 0.815. The van der Waals surface area contributed by atoms with Gasteiger partial charge < -0.3 is 9.80 Å². The maximum atomic E-state index is 2.43. The molecule has 0 spiro atoms. The lowest BCUT2D eigenvalue weighted by atomic mass is 10.2. The molecular formula is C8H18N2. The zero-order chi connectivity index (χ0) is 7.56. The molecule has 0 bridgehead atoms. The molecule has 0 radical (unpaired) electrons. The topological polar surface area (TPSA) is 6.48 Å². The molecule has 1 saturated heterocycles. The molecule has 2 nitrogen and oxygen atoms in total. The molecule has 60 valence electrons.